The zero-order chi connectivity index (χ0) is 22.5. The number of ketones is 1. The van der Waals surface area contributed by atoms with Crippen LogP contribution in [-0.2, 0) is 16.1 Å². The van der Waals surface area contributed by atoms with Gasteiger partial charge in [0.05, 0.1) is 6.42 Å². The monoisotopic (exact) mass is 433 g/mol. The molecule has 1 saturated heterocycles. The molecule has 8 heteroatoms. The van der Waals surface area contributed by atoms with Crippen molar-refractivity contribution in [3.05, 3.63) is 65.7 Å². The number of nitrogens with zero attached hydrogens (tertiary/aromatic N) is 3. The van der Waals surface area contributed by atoms with Crippen molar-refractivity contribution >= 4 is 29.2 Å². The van der Waals surface area contributed by atoms with Gasteiger partial charge in [0.2, 0.25) is 11.9 Å². The van der Waals surface area contributed by atoms with Crippen LogP contribution in [0.4, 0.5) is 5.69 Å². The number of amides is 2. The molecule has 2 aliphatic rings. The lowest BCUT2D eigenvalue weighted by molar-refractivity contribution is -0.124. The van der Waals surface area contributed by atoms with Crippen LogP contribution in [0.1, 0.15) is 29.3 Å². The summed E-state index contributed by atoms with van der Waals surface area (Å²) in [5.41, 5.74) is 2.45. The van der Waals surface area contributed by atoms with E-state index in [-0.39, 0.29) is 24.0 Å². The molecule has 0 bridgehead atoms. The third kappa shape index (κ3) is 5.39. The summed E-state index contributed by atoms with van der Waals surface area (Å²) >= 11 is 0. The fourth-order valence-electron chi connectivity index (χ4n) is 3.87. The first-order chi connectivity index (χ1) is 15.5. The highest BCUT2D eigenvalue weighted by Gasteiger charge is 2.32. The first kappa shape index (κ1) is 21.7. The molecule has 0 aliphatic carbocycles. The predicted molar refractivity (Wildman–Crippen MR) is 122 cm³/mol. The zero-order valence-electron chi connectivity index (χ0n) is 18.1. The number of guanidine groups is 1. The van der Waals surface area contributed by atoms with Crippen molar-refractivity contribution in [2.45, 2.75) is 25.9 Å². The van der Waals surface area contributed by atoms with Gasteiger partial charge in [-0.1, -0.05) is 30.3 Å². The van der Waals surface area contributed by atoms with Crippen LogP contribution in [0.5, 0.6) is 0 Å². The largest absolute Gasteiger partial charge is 0.340 e. The van der Waals surface area contributed by atoms with E-state index in [0.717, 1.165) is 32.7 Å². The molecule has 1 atom stereocenters. The van der Waals surface area contributed by atoms with Crippen molar-refractivity contribution in [2.75, 3.05) is 31.5 Å². The molecule has 2 amide bonds. The van der Waals surface area contributed by atoms with Crippen LogP contribution < -0.4 is 10.6 Å². The number of aliphatic imine (C=N–C) groups is 1. The van der Waals surface area contributed by atoms with Gasteiger partial charge in [0, 0.05) is 44.0 Å². The zero-order valence-corrected chi connectivity index (χ0v) is 18.1. The molecule has 2 aromatic carbocycles. The maximum Gasteiger partial charge on any atom is 0.252 e. The van der Waals surface area contributed by atoms with Gasteiger partial charge in [0.1, 0.15) is 6.04 Å². The normalized spacial score (nSPS) is 18.8. The summed E-state index contributed by atoms with van der Waals surface area (Å²) in [5.74, 6) is -0.0292. The van der Waals surface area contributed by atoms with E-state index >= 15 is 0 Å². The molecule has 4 rings (SSSR count). The molecule has 0 aromatic heterocycles. The maximum absolute atomic E-state index is 12.4. The lowest BCUT2D eigenvalue weighted by Crippen LogP contribution is -2.51. The molecule has 32 heavy (non-hydrogen) atoms. The van der Waals surface area contributed by atoms with E-state index in [1.807, 2.05) is 18.2 Å². The Kier molecular flexibility index (Phi) is 6.61. The van der Waals surface area contributed by atoms with Crippen LogP contribution >= 0.6 is 0 Å². The number of hydrogen-bond acceptors (Lipinski definition) is 6. The van der Waals surface area contributed by atoms with E-state index in [2.05, 4.69) is 37.6 Å². The summed E-state index contributed by atoms with van der Waals surface area (Å²) in [6, 6.07) is 16.3. The number of benzene rings is 2. The second-order valence-corrected chi connectivity index (χ2v) is 8.09. The summed E-state index contributed by atoms with van der Waals surface area (Å²) < 4.78 is 0. The van der Waals surface area contributed by atoms with E-state index in [1.165, 1.54) is 12.5 Å². The van der Waals surface area contributed by atoms with Gasteiger partial charge in [0.25, 0.3) is 5.91 Å². The van der Waals surface area contributed by atoms with Gasteiger partial charge in [-0.25, -0.2) is 4.99 Å². The third-order valence-corrected chi connectivity index (χ3v) is 5.69. The van der Waals surface area contributed by atoms with E-state index in [9.17, 15) is 14.4 Å². The van der Waals surface area contributed by atoms with Crippen molar-refractivity contribution in [3.8, 4) is 0 Å². The standard InChI is InChI=1S/C24H27N5O3/c1-17(30)19-7-9-20(10-8-19)25-22(31)15-21-23(32)27-24(26-21)29-13-11-28(12-14-29)16-18-5-3-2-4-6-18/h2-10,21H,11-16H2,1H3,(H,25,31)(H,26,27,32)/t21-/m0/s1. The Hall–Kier alpha value is -3.52. The summed E-state index contributed by atoms with van der Waals surface area (Å²) in [7, 11) is 0. The van der Waals surface area contributed by atoms with E-state index in [1.54, 1.807) is 24.3 Å². The van der Waals surface area contributed by atoms with Crippen LogP contribution in [0, 0.1) is 0 Å². The smallest absolute Gasteiger partial charge is 0.252 e. The summed E-state index contributed by atoms with van der Waals surface area (Å²) in [5, 5.41) is 5.59. The Labute approximate surface area is 187 Å². The Morgan fingerprint density at radius 3 is 2.38 bits per heavy atom. The fraction of sp³-hybridized carbons (Fsp3) is 0.333. The molecule has 2 N–H and O–H groups in total. The molecule has 1 fully saturated rings. The number of carbonyl (C=O) groups is 3. The van der Waals surface area contributed by atoms with Crippen LogP contribution in [0.25, 0.3) is 0 Å². The third-order valence-electron chi connectivity index (χ3n) is 5.69. The van der Waals surface area contributed by atoms with Gasteiger partial charge in [-0.3, -0.25) is 24.6 Å². The maximum atomic E-state index is 12.4. The minimum absolute atomic E-state index is 0.0300. The molecular weight excluding hydrogens is 406 g/mol. The molecule has 166 valence electrons. The quantitative estimate of drug-likeness (QED) is 0.679. The number of carbonyl (C=O) groups excluding carboxylic acids is 3. The Balaban J connectivity index is 1.28. The van der Waals surface area contributed by atoms with Gasteiger partial charge in [0.15, 0.2) is 5.78 Å². The van der Waals surface area contributed by atoms with Gasteiger partial charge in [-0.2, -0.15) is 0 Å². The van der Waals surface area contributed by atoms with Crippen molar-refractivity contribution < 1.29 is 14.4 Å². The van der Waals surface area contributed by atoms with E-state index < -0.39 is 6.04 Å². The molecule has 0 radical (unpaired) electrons. The highest BCUT2D eigenvalue weighted by molar-refractivity contribution is 6.07. The Morgan fingerprint density at radius 1 is 1.03 bits per heavy atom. The molecule has 0 saturated carbocycles. The topological polar surface area (TPSA) is 94.1 Å². The number of hydrogen-bond donors (Lipinski definition) is 2. The molecule has 0 unspecified atom stereocenters. The number of rotatable bonds is 6. The molecule has 2 aromatic rings. The van der Waals surface area contributed by atoms with Crippen LogP contribution in [0.15, 0.2) is 59.6 Å². The summed E-state index contributed by atoms with van der Waals surface area (Å²) in [4.78, 5) is 45.0. The van der Waals surface area contributed by atoms with Crippen LogP contribution in [0.3, 0.4) is 0 Å². The molecule has 8 nitrogen and oxygen atoms in total. The molecule has 2 heterocycles. The van der Waals surface area contributed by atoms with Gasteiger partial charge in [-0.15, -0.1) is 0 Å². The minimum atomic E-state index is -0.733. The number of anilines is 1. The second-order valence-electron chi connectivity index (χ2n) is 8.09. The first-order valence-corrected chi connectivity index (χ1v) is 10.8. The Morgan fingerprint density at radius 2 is 1.72 bits per heavy atom. The second kappa shape index (κ2) is 9.74. The highest BCUT2D eigenvalue weighted by Crippen LogP contribution is 2.15. The molecule has 0 spiro atoms. The van der Waals surface area contributed by atoms with Crippen LogP contribution in [-0.4, -0.2) is 65.6 Å². The summed E-state index contributed by atoms with van der Waals surface area (Å²) in [6.45, 7) is 5.70. The number of nitrogens with one attached hydrogen (secondary N) is 2. The highest BCUT2D eigenvalue weighted by atomic mass is 16.2. The molecular formula is C24H27N5O3. The summed E-state index contributed by atoms with van der Waals surface area (Å²) in [6.07, 6.45) is -0.0300. The fourth-order valence-corrected chi connectivity index (χ4v) is 3.87. The van der Waals surface area contributed by atoms with Crippen molar-refractivity contribution in [1.29, 1.82) is 0 Å². The number of Topliss-reactive ketones (excluding diaryl/α,β-unsaturated/α-hetero) is 1. The number of piperazine rings is 1. The van der Waals surface area contributed by atoms with Crippen molar-refractivity contribution in [2.24, 2.45) is 4.99 Å². The average Bonchev–Trinajstić information content (AvgIpc) is 3.15. The lowest BCUT2D eigenvalue weighted by atomic mass is 10.1. The SMILES string of the molecule is CC(=O)c1ccc(NC(=O)C[C@@H]2N=C(N3CCN(Cc4ccccc4)CC3)NC2=O)cc1. The van der Waals surface area contributed by atoms with Gasteiger partial charge >= 0.3 is 0 Å². The van der Waals surface area contributed by atoms with Gasteiger partial charge in [-0.05, 0) is 36.8 Å². The minimum Gasteiger partial charge on any atom is -0.340 e. The Bertz CT molecular complexity index is 1010. The van der Waals surface area contributed by atoms with Crippen molar-refractivity contribution in [1.82, 2.24) is 15.1 Å². The molecule has 2 aliphatic heterocycles. The van der Waals surface area contributed by atoms with Crippen LogP contribution in [0.2, 0.25) is 0 Å². The average molecular weight is 434 g/mol. The first-order valence-electron chi connectivity index (χ1n) is 10.8. The lowest BCUT2D eigenvalue weighted by Gasteiger charge is -2.35. The predicted octanol–water partition coefficient (Wildman–Crippen LogP) is 1.89. The van der Waals surface area contributed by atoms with Crippen molar-refractivity contribution in [3.63, 3.8) is 0 Å². The van der Waals surface area contributed by atoms with E-state index in [0.29, 0.717) is 17.2 Å². The van der Waals surface area contributed by atoms with E-state index in [4.69, 9.17) is 0 Å². The van der Waals surface area contributed by atoms with Gasteiger partial charge < -0.3 is 10.2 Å².